The molecule has 5 nitrogen and oxygen atoms in total. The van der Waals surface area contributed by atoms with Crippen LogP contribution in [0.2, 0.25) is 5.02 Å². The summed E-state index contributed by atoms with van der Waals surface area (Å²) in [4.78, 5) is 16.2. The molecule has 0 radical (unpaired) electrons. The highest BCUT2D eigenvalue weighted by Gasteiger charge is 2.38. The second-order valence-electron chi connectivity index (χ2n) is 6.82. The molecule has 2 heterocycles. The number of carbonyl (C=O) groups excluding carboxylic acids is 1. The van der Waals surface area contributed by atoms with Gasteiger partial charge in [0.25, 0.3) is 5.91 Å². The van der Waals surface area contributed by atoms with Crippen LogP contribution >= 0.6 is 11.6 Å². The Bertz CT molecular complexity index is 1060. The molecule has 0 spiro atoms. The van der Waals surface area contributed by atoms with Gasteiger partial charge in [-0.1, -0.05) is 23.7 Å². The van der Waals surface area contributed by atoms with Gasteiger partial charge in [0.2, 0.25) is 9.84 Å². The zero-order chi connectivity index (χ0) is 19.2. The van der Waals surface area contributed by atoms with Crippen molar-refractivity contribution in [2.24, 2.45) is 0 Å². The normalized spacial score (nSPS) is 18.2. The largest absolute Gasteiger partial charge is 0.338 e. The second-order valence-corrected chi connectivity index (χ2v) is 9.14. The fourth-order valence-electron chi connectivity index (χ4n) is 3.52. The Morgan fingerprint density at radius 3 is 2.52 bits per heavy atom. The first-order chi connectivity index (χ1) is 12.9. The average Bonchev–Trinajstić information content (AvgIpc) is 3.15. The third kappa shape index (κ3) is 3.13. The van der Waals surface area contributed by atoms with Crippen molar-refractivity contribution in [2.45, 2.75) is 24.7 Å². The summed E-state index contributed by atoms with van der Waals surface area (Å²) in [5, 5.41) is 0.435. The van der Waals surface area contributed by atoms with Crippen LogP contribution in [0.15, 0.2) is 58.5 Å². The Hall–Kier alpha value is -2.31. The minimum Gasteiger partial charge on any atom is -0.338 e. The van der Waals surface area contributed by atoms with E-state index >= 15 is 0 Å². The zero-order valence-corrected chi connectivity index (χ0v) is 16.4. The Kier molecular flexibility index (Phi) is 4.48. The number of sulfone groups is 1. The zero-order valence-electron chi connectivity index (χ0n) is 14.9. The number of aryl methyl sites for hydroxylation is 1. The van der Waals surface area contributed by atoms with E-state index in [0.29, 0.717) is 23.8 Å². The summed E-state index contributed by atoms with van der Waals surface area (Å²) in [6.07, 6.45) is 3.23. The van der Waals surface area contributed by atoms with Crippen LogP contribution in [-0.2, 0) is 14.6 Å². The number of rotatable bonds is 2. The van der Waals surface area contributed by atoms with Crippen molar-refractivity contribution < 1.29 is 13.2 Å². The first kappa shape index (κ1) is 18.1. The SMILES string of the molecule is Cc1cccc(N2C=C(C(=O)N3CCCC3)S(=O)(=O)c3ccc(Cl)cc32)c1. The summed E-state index contributed by atoms with van der Waals surface area (Å²) in [5.41, 5.74) is 2.26. The van der Waals surface area contributed by atoms with Crippen molar-refractivity contribution >= 4 is 38.7 Å². The molecule has 140 valence electrons. The van der Waals surface area contributed by atoms with Gasteiger partial charge in [-0.15, -0.1) is 0 Å². The molecule has 2 aromatic carbocycles. The molecule has 2 aliphatic heterocycles. The Morgan fingerprint density at radius 2 is 1.81 bits per heavy atom. The molecule has 7 heteroatoms. The highest BCUT2D eigenvalue weighted by molar-refractivity contribution is 7.96. The van der Waals surface area contributed by atoms with Crippen LogP contribution < -0.4 is 4.90 Å². The molecule has 0 saturated carbocycles. The van der Waals surface area contributed by atoms with Crippen molar-refractivity contribution in [3.05, 3.63) is 64.2 Å². The van der Waals surface area contributed by atoms with Crippen molar-refractivity contribution in [1.82, 2.24) is 4.90 Å². The third-order valence-corrected chi connectivity index (χ3v) is 6.91. The van der Waals surface area contributed by atoms with E-state index in [1.165, 1.54) is 18.3 Å². The summed E-state index contributed by atoms with van der Waals surface area (Å²) in [6, 6.07) is 12.3. The molecule has 2 aliphatic rings. The number of hydrogen-bond donors (Lipinski definition) is 0. The molecule has 0 N–H and O–H groups in total. The van der Waals surface area contributed by atoms with Gasteiger partial charge in [-0.25, -0.2) is 8.42 Å². The van der Waals surface area contributed by atoms with Gasteiger partial charge >= 0.3 is 0 Å². The van der Waals surface area contributed by atoms with E-state index < -0.39 is 15.7 Å². The van der Waals surface area contributed by atoms with E-state index in [4.69, 9.17) is 11.6 Å². The molecular weight excluding hydrogens is 384 g/mol. The van der Waals surface area contributed by atoms with Crippen LogP contribution in [0.4, 0.5) is 11.4 Å². The monoisotopic (exact) mass is 402 g/mol. The van der Waals surface area contributed by atoms with E-state index in [-0.39, 0.29) is 9.80 Å². The number of halogens is 1. The third-order valence-electron chi connectivity index (χ3n) is 4.89. The molecule has 4 rings (SSSR count). The van der Waals surface area contributed by atoms with Crippen LogP contribution in [0.1, 0.15) is 18.4 Å². The molecule has 1 fully saturated rings. The second kappa shape index (κ2) is 6.69. The van der Waals surface area contributed by atoms with Crippen molar-refractivity contribution in [3.63, 3.8) is 0 Å². The number of nitrogens with zero attached hydrogens (tertiary/aromatic N) is 2. The van der Waals surface area contributed by atoms with Gasteiger partial charge in [-0.2, -0.15) is 0 Å². The maximum Gasteiger partial charge on any atom is 0.267 e. The lowest BCUT2D eigenvalue weighted by molar-refractivity contribution is -0.125. The lowest BCUT2D eigenvalue weighted by Crippen LogP contribution is -2.35. The highest BCUT2D eigenvalue weighted by atomic mass is 35.5. The van der Waals surface area contributed by atoms with Gasteiger partial charge in [0.15, 0.2) is 4.91 Å². The Labute approximate surface area is 163 Å². The molecule has 1 amide bonds. The summed E-state index contributed by atoms with van der Waals surface area (Å²) in [6.45, 7) is 3.14. The smallest absolute Gasteiger partial charge is 0.267 e. The van der Waals surface area contributed by atoms with Crippen molar-refractivity contribution in [2.75, 3.05) is 18.0 Å². The van der Waals surface area contributed by atoms with Crippen molar-refractivity contribution in [3.8, 4) is 0 Å². The van der Waals surface area contributed by atoms with Gasteiger partial charge < -0.3 is 9.80 Å². The van der Waals surface area contributed by atoms with Crippen LogP contribution in [0.25, 0.3) is 0 Å². The number of anilines is 2. The molecule has 1 saturated heterocycles. The lowest BCUT2D eigenvalue weighted by atomic mass is 10.2. The van der Waals surface area contributed by atoms with Crippen LogP contribution in [0.3, 0.4) is 0 Å². The number of fused-ring (bicyclic) bond motifs is 1. The van der Waals surface area contributed by atoms with Crippen LogP contribution in [-0.4, -0.2) is 32.3 Å². The van der Waals surface area contributed by atoms with Gasteiger partial charge in [-0.3, -0.25) is 4.79 Å². The fourth-order valence-corrected chi connectivity index (χ4v) is 5.20. The molecule has 0 bridgehead atoms. The minimum absolute atomic E-state index is 0.0958. The number of benzene rings is 2. The molecule has 27 heavy (non-hydrogen) atoms. The minimum atomic E-state index is -3.92. The van der Waals surface area contributed by atoms with Crippen LogP contribution in [0, 0.1) is 6.92 Å². The molecule has 2 aromatic rings. The van der Waals surface area contributed by atoms with Crippen molar-refractivity contribution in [1.29, 1.82) is 0 Å². The number of carbonyl (C=O) groups is 1. The first-order valence-electron chi connectivity index (χ1n) is 8.79. The summed E-state index contributed by atoms with van der Waals surface area (Å²) < 4.78 is 26.3. The lowest BCUT2D eigenvalue weighted by Gasteiger charge is -2.30. The van der Waals surface area contributed by atoms with Gasteiger partial charge in [0, 0.05) is 30.0 Å². The predicted octanol–water partition coefficient (Wildman–Crippen LogP) is 4.04. The van der Waals surface area contributed by atoms with E-state index in [0.717, 1.165) is 24.1 Å². The van der Waals surface area contributed by atoms with Gasteiger partial charge in [0.1, 0.15) is 0 Å². The molecule has 0 atom stereocenters. The maximum absolute atomic E-state index is 13.2. The fraction of sp³-hybridized carbons (Fsp3) is 0.250. The quantitative estimate of drug-likeness (QED) is 0.760. The van der Waals surface area contributed by atoms with Gasteiger partial charge in [0.05, 0.1) is 10.6 Å². The summed E-state index contributed by atoms with van der Waals surface area (Å²) in [7, 11) is -3.92. The van der Waals surface area contributed by atoms with E-state index in [2.05, 4.69) is 0 Å². The van der Waals surface area contributed by atoms with E-state index in [1.54, 1.807) is 15.9 Å². The Morgan fingerprint density at radius 1 is 1.07 bits per heavy atom. The molecular formula is C20H19ClN2O3S. The van der Waals surface area contributed by atoms with Crippen LogP contribution in [0.5, 0.6) is 0 Å². The standard InChI is InChI=1S/C20H19ClN2O3S/c1-14-5-4-6-16(11-14)23-13-19(20(24)22-9-2-3-10-22)27(25,26)18-8-7-15(21)12-17(18)23/h4-8,11-13H,2-3,9-10H2,1H3. The van der Waals surface area contributed by atoms with E-state index in [1.807, 2.05) is 31.2 Å². The highest BCUT2D eigenvalue weighted by Crippen LogP contribution is 2.41. The number of likely N-dealkylation sites (tertiary alicyclic amines) is 1. The molecule has 0 unspecified atom stereocenters. The van der Waals surface area contributed by atoms with Gasteiger partial charge in [-0.05, 0) is 55.7 Å². The average molecular weight is 403 g/mol. The molecule has 0 aromatic heterocycles. The summed E-state index contributed by atoms with van der Waals surface area (Å²) >= 11 is 6.14. The van der Waals surface area contributed by atoms with E-state index in [9.17, 15) is 13.2 Å². The summed E-state index contributed by atoms with van der Waals surface area (Å²) in [5.74, 6) is -0.439. The first-order valence-corrected chi connectivity index (χ1v) is 10.7. The molecule has 0 aliphatic carbocycles. The number of hydrogen-bond acceptors (Lipinski definition) is 4. The topological polar surface area (TPSA) is 57.7 Å². The Balaban J connectivity index is 1.91. The maximum atomic E-state index is 13.2. The predicted molar refractivity (Wildman–Crippen MR) is 106 cm³/mol. The number of amides is 1.